The first-order valence-corrected chi connectivity index (χ1v) is 10.1. The highest BCUT2D eigenvalue weighted by molar-refractivity contribution is 7.89. The van der Waals surface area contributed by atoms with Crippen LogP contribution in [-0.2, 0) is 16.4 Å². The Morgan fingerprint density at radius 2 is 1.85 bits per heavy atom. The topological polar surface area (TPSA) is 80.5 Å². The van der Waals surface area contributed by atoms with Crippen molar-refractivity contribution in [3.8, 4) is 0 Å². The highest BCUT2D eigenvalue weighted by Crippen LogP contribution is 2.34. The lowest BCUT2D eigenvalue weighted by atomic mass is 9.98. The Hall–Kier alpha value is -2.25. The van der Waals surface area contributed by atoms with Crippen LogP contribution in [0.4, 0.5) is 5.69 Å². The Kier molecular flexibility index (Phi) is 5.38. The quantitative estimate of drug-likeness (QED) is 0.590. The minimum Gasteiger partial charge on any atom is -0.258 e. The second-order valence-corrected chi connectivity index (χ2v) is 8.46. The van der Waals surface area contributed by atoms with E-state index in [2.05, 4.69) is 0 Å². The summed E-state index contributed by atoms with van der Waals surface area (Å²) in [7, 11) is -3.95. The molecule has 0 N–H and O–H groups in total. The molecule has 1 aliphatic rings. The first kappa shape index (κ1) is 18.5. The number of hydrogen-bond donors (Lipinski definition) is 0. The Labute approximate surface area is 153 Å². The van der Waals surface area contributed by atoms with E-state index in [0.29, 0.717) is 18.5 Å². The van der Waals surface area contributed by atoms with Gasteiger partial charge in [0, 0.05) is 18.7 Å². The highest BCUT2D eigenvalue weighted by Gasteiger charge is 2.38. The monoisotopic (exact) mass is 374 g/mol. The normalized spacial score (nSPS) is 18.6. The second kappa shape index (κ2) is 7.55. The van der Waals surface area contributed by atoms with Crippen molar-refractivity contribution in [3.05, 3.63) is 69.8 Å². The van der Waals surface area contributed by atoms with Gasteiger partial charge in [-0.05, 0) is 37.3 Å². The Balaban J connectivity index is 2.01. The van der Waals surface area contributed by atoms with E-state index in [9.17, 15) is 18.5 Å². The number of sulfonamides is 1. The van der Waals surface area contributed by atoms with Gasteiger partial charge in [-0.2, -0.15) is 4.31 Å². The summed E-state index contributed by atoms with van der Waals surface area (Å²) in [6.45, 7) is 2.00. The van der Waals surface area contributed by atoms with E-state index >= 15 is 0 Å². The van der Waals surface area contributed by atoms with Crippen LogP contribution in [0.5, 0.6) is 0 Å². The summed E-state index contributed by atoms with van der Waals surface area (Å²) in [5, 5.41) is 11.4. The van der Waals surface area contributed by atoms with Crippen LogP contribution >= 0.6 is 0 Å². The van der Waals surface area contributed by atoms with Gasteiger partial charge in [0.1, 0.15) is 0 Å². The zero-order valence-corrected chi connectivity index (χ0v) is 15.5. The van der Waals surface area contributed by atoms with Gasteiger partial charge in [0.2, 0.25) is 10.0 Å². The van der Waals surface area contributed by atoms with Crippen LogP contribution in [0.15, 0.2) is 53.4 Å². The van der Waals surface area contributed by atoms with Crippen molar-refractivity contribution >= 4 is 15.7 Å². The Morgan fingerprint density at radius 3 is 2.54 bits per heavy atom. The molecule has 1 aliphatic heterocycles. The van der Waals surface area contributed by atoms with Crippen LogP contribution in [0.25, 0.3) is 0 Å². The van der Waals surface area contributed by atoms with Gasteiger partial charge in [-0.15, -0.1) is 0 Å². The maximum atomic E-state index is 13.4. The lowest BCUT2D eigenvalue weighted by Gasteiger charge is -2.35. The van der Waals surface area contributed by atoms with Gasteiger partial charge >= 0.3 is 0 Å². The summed E-state index contributed by atoms with van der Waals surface area (Å²) in [5.74, 6) is 0. The van der Waals surface area contributed by atoms with E-state index in [0.717, 1.165) is 24.8 Å². The molecule has 0 spiro atoms. The number of aryl methyl sites for hydroxylation is 1. The van der Waals surface area contributed by atoms with Crippen LogP contribution in [0.1, 0.15) is 30.4 Å². The molecule has 6 nitrogen and oxygen atoms in total. The predicted octanol–water partition coefficient (Wildman–Crippen LogP) is 3.69. The lowest BCUT2D eigenvalue weighted by molar-refractivity contribution is -0.387. The zero-order valence-electron chi connectivity index (χ0n) is 14.7. The number of nitro benzene ring substituents is 1. The maximum Gasteiger partial charge on any atom is 0.289 e. The highest BCUT2D eigenvalue weighted by atomic mass is 32.2. The largest absolute Gasteiger partial charge is 0.289 e. The third kappa shape index (κ3) is 3.64. The second-order valence-electron chi connectivity index (χ2n) is 6.64. The molecule has 0 aliphatic carbocycles. The van der Waals surface area contributed by atoms with Crippen molar-refractivity contribution in [1.29, 1.82) is 0 Å². The van der Waals surface area contributed by atoms with Crippen molar-refractivity contribution in [3.63, 3.8) is 0 Å². The average molecular weight is 374 g/mol. The lowest BCUT2D eigenvalue weighted by Crippen LogP contribution is -2.45. The number of nitrogens with zero attached hydrogens (tertiary/aromatic N) is 2. The zero-order chi connectivity index (χ0) is 18.7. The first-order chi connectivity index (χ1) is 12.4. The summed E-state index contributed by atoms with van der Waals surface area (Å²) in [5.41, 5.74) is 1.12. The molecule has 0 aromatic heterocycles. The molecule has 0 saturated carbocycles. The predicted molar refractivity (Wildman–Crippen MR) is 99.5 cm³/mol. The van der Waals surface area contributed by atoms with Gasteiger partial charge in [0.25, 0.3) is 5.69 Å². The molecule has 2 aromatic carbocycles. The SMILES string of the molecule is Cc1cccc([N+](=O)[O-])c1S(=O)(=O)N1CCCC[C@H]1Cc1ccccc1. The van der Waals surface area contributed by atoms with Crippen LogP contribution in [0, 0.1) is 17.0 Å². The smallest absolute Gasteiger partial charge is 0.258 e. The molecule has 1 saturated heterocycles. The Bertz CT molecular complexity index is 897. The molecule has 2 aromatic rings. The maximum absolute atomic E-state index is 13.4. The molecular weight excluding hydrogens is 352 g/mol. The third-order valence-electron chi connectivity index (χ3n) is 4.84. The van der Waals surface area contributed by atoms with Crippen LogP contribution in [-0.4, -0.2) is 30.2 Å². The summed E-state index contributed by atoms with van der Waals surface area (Å²) in [4.78, 5) is 10.6. The summed E-state index contributed by atoms with van der Waals surface area (Å²) < 4.78 is 28.2. The molecule has 7 heteroatoms. The summed E-state index contributed by atoms with van der Waals surface area (Å²) in [6, 6.07) is 14.0. The van der Waals surface area contributed by atoms with Gasteiger partial charge in [-0.1, -0.05) is 48.9 Å². The Morgan fingerprint density at radius 1 is 1.12 bits per heavy atom. The molecular formula is C19H22N2O4S. The molecule has 138 valence electrons. The molecule has 0 unspecified atom stereocenters. The van der Waals surface area contributed by atoms with E-state index in [1.54, 1.807) is 13.0 Å². The molecule has 0 bridgehead atoms. The number of benzene rings is 2. The third-order valence-corrected chi connectivity index (χ3v) is 6.99. The summed E-state index contributed by atoms with van der Waals surface area (Å²) in [6.07, 6.45) is 3.09. The minimum absolute atomic E-state index is 0.176. The number of nitro groups is 1. The van der Waals surface area contributed by atoms with Gasteiger partial charge in [0.05, 0.1) is 4.92 Å². The number of hydrogen-bond acceptors (Lipinski definition) is 4. The first-order valence-electron chi connectivity index (χ1n) is 8.71. The molecule has 1 atom stereocenters. The fourth-order valence-corrected chi connectivity index (χ4v) is 5.67. The molecule has 1 heterocycles. The minimum atomic E-state index is -3.95. The number of piperidine rings is 1. The van der Waals surface area contributed by atoms with E-state index in [4.69, 9.17) is 0 Å². The fourth-order valence-electron chi connectivity index (χ4n) is 3.61. The van der Waals surface area contributed by atoms with E-state index < -0.39 is 14.9 Å². The molecule has 0 radical (unpaired) electrons. The van der Waals surface area contributed by atoms with Crippen molar-refractivity contribution in [2.75, 3.05) is 6.54 Å². The standard InChI is InChI=1S/C19H22N2O4S/c1-15-8-7-12-18(21(22)23)19(15)26(24,25)20-13-6-5-11-17(20)14-16-9-3-2-4-10-16/h2-4,7-10,12,17H,5-6,11,13-14H2,1H3/t17-/m0/s1. The van der Waals surface area contributed by atoms with E-state index in [1.807, 2.05) is 30.3 Å². The average Bonchev–Trinajstić information content (AvgIpc) is 2.62. The molecule has 0 amide bonds. The molecule has 3 rings (SSSR count). The summed E-state index contributed by atoms with van der Waals surface area (Å²) >= 11 is 0. The van der Waals surface area contributed by atoms with Crippen LogP contribution < -0.4 is 0 Å². The van der Waals surface area contributed by atoms with Crippen LogP contribution in [0.3, 0.4) is 0 Å². The van der Waals surface area contributed by atoms with Gasteiger partial charge in [-0.25, -0.2) is 8.42 Å². The van der Waals surface area contributed by atoms with Crippen LogP contribution in [0.2, 0.25) is 0 Å². The molecule has 26 heavy (non-hydrogen) atoms. The van der Waals surface area contributed by atoms with Crippen molar-refractivity contribution in [2.45, 2.75) is 43.5 Å². The van der Waals surface area contributed by atoms with Crippen molar-refractivity contribution in [1.82, 2.24) is 4.31 Å². The van der Waals surface area contributed by atoms with Gasteiger partial charge < -0.3 is 0 Å². The van der Waals surface area contributed by atoms with Gasteiger partial charge in [0.15, 0.2) is 4.90 Å². The molecule has 1 fully saturated rings. The number of rotatable bonds is 5. The van der Waals surface area contributed by atoms with E-state index in [-0.39, 0.29) is 16.6 Å². The van der Waals surface area contributed by atoms with Crippen molar-refractivity contribution < 1.29 is 13.3 Å². The van der Waals surface area contributed by atoms with Crippen molar-refractivity contribution in [2.24, 2.45) is 0 Å². The fraction of sp³-hybridized carbons (Fsp3) is 0.368. The van der Waals surface area contributed by atoms with Gasteiger partial charge in [-0.3, -0.25) is 10.1 Å². The van der Waals surface area contributed by atoms with E-state index in [1.165, 1.54) is 16.4 Å².